The largest absolute Gasteiger partial charge is 0.491 e. The van der Waals surface area contributed by atoms with Gasteiger partial charge in [-0.05, 0) is 73.8 Å². The molecular formula is C29H30F2O. The Balaban J connectivity index is 1.35. The highest BCUT2D eigenvalue weighted by Gasteiger charge is 2.19. The first-order valence-corrected chi connectivity index (χ1v) is 11.5. The van der Waals surface area contributed by atoms with E-state index in [2.05, 4.69) is 67.6 Å². The maximum absolute atomic E-state index is 14.3. The lowest BCUT2D eigenvalue weighted by Crippen LogP contribution is -2.09. The molecule has 2 unspecified atom stereocenters. The van der Waals surface area contributed by atoms with Gasteiger partial charge in [0.15, 0.2) is 11.6 Å². The molecule has 1 nitrogen and oxygen atoms in total. The summed E-state index contributed by atoms with van der Waals surface area (Å²) in [5.41, 5.74) is 5.49. The van der Waals surface area contributed by atoms with Gasteiger partial charge in [0, 0.05) is 5.92 Å². The van der Waals surface area contributed by atoms with Crippen LogP contribution in [0.25, 0.3) is 11.1 Å². The average Bonchev–Trinajstić information content (AvgIpc) is 2.83. The van der Waals surface area contributed by atoms with Crippen molar-refractivity contribution in [2.75, 3.05) is 6.61 Å². The second-order valence-electron chi connectivity index (χ2n) is 8.64. The van der Waals surface area contributed by atoms with Crippen molar-refractivity contribution in [3.8, 4) is 16.9 Å². The van der Waals surface area contributed by atoms with Crippen molar-refractivity contribution in [3.05, 3.63) is 101 Å². The fourth-order valence-corrected chi connectivity index (χ4v) is 4.44. The highest BCUT2D eigenvalue weighted by molar-refractivity contribution is 5.64. The third-order valence-electron chi connectivity index (χ3n) is 6.40. The van der Waals surface area contributed by atoms with Gasteiger partial charge < -0.3 is 4.74 Å². The number of benzene rings is 3. The normalized spacial score (nSPS) is 18.0. The minimum Gasteiger partial charge on any atom is -0.491 e. The molecule has 0 N–H and O–H groups in total. The van der Waals surface area contributed by atoms with Crippen molar-refractivity contribution >= 4 is 0 Å². The van der Waals surface area contributed by atoms with Gasteiger partial charge in [-0.15, -0.1) is 0 Å². The summed E-state index contributed by atoms with van der Waals surface area (Å²) < 4.78 is 33.6. The molecule has 0 fully saturated rings. The first kappa shape index (κ1) is 22.3. The Labute approximate surface area is 189 Å². The molecule has 2 atom stereocenters. The molecule has 0 saturated heterocycles. The molecule has 0 amide bonds. The van der Waals surface area contributed by atoms with Crippen molar-refractivity contribution in [1.82, 2.24) is 0 Å². The maximum atomic E-state index is 14.3. The lowest BCUT2D eigenvalue weighted by molar-refractivity contribution is 0.313. The van der Waals surface area contributed by atoms with Crippen LogP contribution in [0.15, 0.2) is 72.8 Å². The summed E-state index contributed by atoms with van der Waals surface area (Å²) >= 11 is 0. The summed E-state index contributed by atoms with van der Waals surface area (Å²) in [5, 5.41) is 0. The molecule has 0 aromatic heterocycles. The number of hydrogen-bond acceptors (Lipinski definition) is 1. The zero-order chi connectivity index (χ0) is 22.5. The van der Waals surface area contributed by atoms with Gasteiger partial charge in [-0.3, -0.25) is 0 Å². The number of rotatable bonds is 7. The molecule has 4 rings (SSSR count). The van der Waals surface area contributed by atoms with Gasteiger partial charge in [0.1, 0.15) is 0 Å². The van der Waals surface area contributed by atoms with E-state index in [0.717, 1.165) is 19.3 Å². The quantitative estimate of drug-likeness (QED) is 0.343. The van der Waals surface area contributed by atoms with E-state index in [1.165, 1.54) is 28.3 Å². The number of allylic oxidation sites excluding steroid dienone is 2. The van der Waals surface area contributed by atoms with E-state index in [4.69, 9.17) is 4.74 Å². The van der Waals surface area contributed by atoms with E-state index in [0.29, 0.717) is 30.4 Å². The van der Waals surface area contributed by atoms with E-state index in [1.54, 1.807) is 13.0 Å². The Kier molecular flexibility index (Phi) is 7.04. The lowest BCUT2D eigenvalue weighted by atomic mass is 9.82. The molecule has 0 spiro atoms. The Morgan fingerprint density at radius 2 is 1.50 bits per heavy atom. The summed E-state index contributed by atoms with van der Waals surface area (Å²) in [4.78, 5) is 0. The fourth-order valence-electron chi connectivity index (χ4n) is 4.44. The maximum Gasteiger partial charge on any atom is 0.200 e. The van der Waals surface area contributed by atoms with Crippen LogP contribution in [-0.4, -0.2) is 6.61 Å². The Morgan fingerprint density at radius 3 is 2.12 bits per heavy atom. The van der Waals surface area contributed by atoms with Gasteiger partial charge in [0.25, 0.3) is 0 Å². The zero-order valence-corrected chi connectivity index (χ0v) is 18.8. The van der Waals surface area contributed by atoms with Gasteiger partial charge in [-0.25, -0.2) is 4.39 Å². The predicted molar refractivity (Wildman–Crippen MR) is 127 cm³/mol. The van der Waals surface area contributed by atoms with Crippen LogP contribution in [0, 0.1) is 24.5 Å². The van der Waals surface area contributed by atoms with Gasteiger partial charge in [0.05, 0.1) is 6.61 Å². The number of hydrogen-bond donors (Lipinski definition) is 0. The van der Waals surface area contributed by atoms with E-state index in [9.17, 15) is 8.78 Å². The van der Waals surface area contributed by atoms with Crippen molar-refractivity contribution in [3.63, 3.8) is 0 Å². The Hall–Kier alpha value is -2.94. The molecular weight excluding hydrogens is 402 g/mol. The summed E-state index contributed by atoms with van der Waals surface area (Å²) in [7, 11) is 0. The molecule has 0 aliphatic heterocycles. The SMILES string of the molecule is CCOc1ccc(CCC2C=CC(c3ccc(-c4ccc(C)cc4)cc3)CC2)c(F)c1F. The molecule has 0 heterocycles. The first-order chi connectivity index (χ1) is 15.5. The second kappa shape index (κ2) is 10.1. The average molecular weight is 433 g/mol. The molecule has 32 heavy (non-hydrogen) atoms. The molecule has 166 valence electrons. The minimum absolute atomic E-state index is 0.0115. The van der Waals surface area contributed by atoms with Crippen molar-refractivity contribution in [2.45, 2.75) is 45.4 Å². The van der Waals surface area contributed by atoms with Crippen LogP contribution in [0.5, 0.6) is 5.75 Å². The van der Waals surface area contributed by atoms with Crippen LogP contribution < -0.4 is 4.74 Å². The zero-order valence-electron chi connectivity index (χ0n) is 18.8. The minimum atomic E-state index is -0.877. The van der Waals surface area contributed by atoms with Gasteiger partial charge in [0.2, 0.25) is 5.82 Å². The number of halogens is 2. The third kappa shape index (κ3) is 5.09. The highest BCUT2D eigenvalue weighted by Crippen LogP contribution is 2.34. The highest BCUT2D eigenvalue weighted by atomic mass is 19.2. The molecule has 0 bridgehead atoms. The lowest BCUT2D eigenvalue weighted by Gasteiger charge is -2.23. The Morgan fingerprint density at radius 1 is 0.812 bits per heavy atom. The Bertz CT molecular complexity index is 1070. The standard InChI is InChI=1S/C29H30F2O/c1-3-32-27-19-18-26(28(30)29(27)31)13-8-21-6-11-23(12-7-21)25-16-14-24(15-17-25)22-9-4-20(2)5-10-22/h4-6,9-11,14-19,21,23H,3,7-8,12-13H2,1-2H3. The molecule has 3 heteroatoms. The topological polar surface area (TPSA) is 9.23 Å². The third-order valence-corrected chi connectivity index (χ3v) is 6.40. The summed E-state index contributed by atoms with van der Waals surface area (Å²) in [6.45, 7) is 4.17. The summed E-state index contributed by atoms with van der Waals surface area (Å²) in [5.74, 6) is -0.854. The van der Waals surface area contributed by atoms with Crippen molar-refractivity contribution < 1.29 is 13.5 Å². The van der Waals surface area contributed by atoms with E-state index in [1.807, 2.05) is 0 Å². The number of aryl methyl sites for hydroxylation is 2. The molecule has 1 aliphatic rings. The van der Waals surface area contributed by atoms with Crippen LogP contribution in [-0.2, 0) is 6.42 Å². The smallest absolute Gasteiger partial charge is 0.200 e. The molecule has 0 radical (unpaired) electrons. The van der Waals surface area contributed by atoms with Crippen LogP contribution in [0.4, 0.5) is 8.78 Å². The van der Waals surface area contributed by atoms with Crippen molar-refractivity contribution in [1.29, 1.82) is 0 Å². The van der Waals surface area contributed by atoms with Crippen LogP contribution in [0.3, 0.4) is 0 Å². The van der Waals surface area contributed by atoms with E-state index >= 15 is 0 Å². The number of ether oxygens (including phenoxy) is 1. The summed E-state index contributed by atoms with van der Waals surface area (Å²) in [6.07, 6.45) is 8.02. The van der Waals surface area contributed by atoms with Crippen molar-refractivity contribution in [2.24, 2.45) is 5.92 Å². The van der Waals surface area contributed by atoms with Crippen LogP contribution in [0.2, 0.25) is 0 Å². The van der Waals surface area contributed by atoms with Gasteiger partial charge in [-0.1, -0.05) is 72.3 Å². The molecule has 3 aromatic carbocycles. The fraction of sp³-hybridized carbons (Fsp3) is 0.310. The van der Waals surface area contributed by atoms with Gasteiger partial charge in [-0.2, -0.15) is 4.39 Å². The van der Waals surface area contributed by atoms with E-state index in [-0.39, 0.29) is 5.75 Å². The second-order valence-corrected chi connectivity index (χ2v) is 8.64. The van der Waals surface area contributed by atoms with Crippen LogP contribution >= 0.6 is 0 Å². The van der Waals surface area contributed by atoms with Crippen LogP contribution in [0.1, 0.15) is 48.8 Å². The molecule has 3 aromatic rings. The summed E-state index contributed by atoms with van der Waals surface area (Å²) in [6, 6.07) is 20.6. The molecule has 0 saturated carbocycles. The molecule has 1 aliphatic carbocycles. The first-order valence-electron chi connectivity index (χ1n) is 11.5. The van der Waals surface area contributed by atoms with Gasteiger partial charge >= 0.3 is 0 Å². The van der Waals surface area contributed by atoms with E-state index < -0.39 is 11.6 Å². The monoisotopic (exact) mass is 432 g/mol. The predicted octanol–water partition coefficient (Wildman–Crippen LogP) is 8.02.